The van der Waals surface area contributed by atoms with Crippen molar-refractivity contribution in [2.24, 2.45) is 0 Å². The molecule has 1 amide bonds. The van der Waals surface area contributed by atoms with E-state index in [4.69, 9.17) is 0 Å². The molecule has 7 heteroatoms. The van der Waals surface area contributed by atoms with Gasteiger partial charge >= 0.3 is 0 Å². The highest BCUT2D eigenvalue weighted by molar-refractivity contribution is 7.08. The van der Waals surface area contributed by atoms with Gasteiger partial charge in [-0.1, -0.05) is 17.8 Å². The van der Waals surface area contributed by atoms with E-state index in [1.54, 1.807) is 0 Å². The molecule has 0 N–H and O–H groups in total. The molecule has 1 aromatic rings. The summed E-state index contributed by atoms with van der Waals surface area (Å²) in [6.07, 6.45) is 1.74. The Morgan fingerprint density at radius 2 is 2.05 bits per heavy atom. The van der Waals surface area contributed by atoms with Gasteiger partial charge in [-0.3, -0.25) is 9.69 Å². The molecule has 6 nitrogen and oxygen atoms in total. The summed E-state index contributed by atoms with van der Waals surface area (Å²) < 4.78 is 3.91. The lowest BCUT2D eigenvalue weighted by molar-refractivity contribution is 0.0524. The zero-order valence-corrected chi connectivity index (χ0v) is 13.6. The van der Waals surface area contributed by atoms with Crippen molar-refractivity contribution in [2.45, 2.75) is 39.2 Å². The number of carbonyl (C=O) groups is 1. The number of amides is 1. The highest BCUT2D eigenvalue weighted by Crippen LogP contribution is 2.20. The van der Waals surface area contributed by atoms with Crippen LogP contribution in [0.5, 0.6) is 0 Å². The van der Waals surface area contributed by atoms with Crippen LogP contribution in [0.3, 0.4) is 0 Å². The van der Waals surface area contributed by atoms with Crippen molar-refractivity contribution >= 4 is 17.4 Å². The quantitative estimate of drug-likeness (QED) is 0.844. The molecule has 1 aliphatic rings. The van der Waals surface area contributed by atoms with E-state index in [2.05, 4.69) is 27.5 Å². The Hall–Kier alpha value is -1.52. The summed E-state index contributed by atoms with van der Waals surface area (Å²) in [5.41, 5.74) is 0.335. The molecule has 21 heavy (non-hydrogen) atoms. The summed E-state index contributed by atoms with van der Waals surface area (Å²) >= 11 is 1.18. The first kappa shape index (κ1) is 15.9. The molecule has 2 rings (SSSR count). The Morgan fingerprint density at radius 1 is 1.38 bits per heavy atom. The lowest BCUT2D eigenvalue weighted by Gasteiger charge is -2.40. The molecule has 1 aromatic heterocycles. The summed E-state index contributed by atoms with van der Waals surface area (Å²) in [4.78, 5) is 17.2. The van der Waals surface area contributed by atoms with Gasteiger partial charge in [0.25, 0.3) is 5.91 Å². The fourth-order valence-electron chi connectivity index (χ4n) is 2.45. The summed E-state index contributed by atoms with van der Waals surface area (Å²) in [7, 11) is 0. The average molecular weight is 307 g/mol. The van der Waals surface area contributed by atoms with Crippen LogP contribution in [0.1, 0.15) is 42.6 Å². The van der Waals surface area contributed by atoms with E-state index in [0.29, 0.717) is 18.0 Å². The van der Waals surface area contributed by atoms with Gasteiger partial charge in [-0.2, -0.15) is 5.26 Å². The van der Waals surface area contributed by atoms with Crippen molar-refractivity contribution < 1.29 is 4.79 Å². The molecule has 0 aliphatic carbocycles. The van der Waals surface area contributed by atoms with Crippen molar-refractivity contribution in [3.05, 3.63) is 10.6 Å². The molecular formula is C14H21N5OS. The molecule has 1 fully saturated rings. The number of hydrogen-bond acceptors (Lipinski definition) is 6. The van der Waals surface area contributed by atoms with Crippen molar-refractivity contribution in [1.29, 1.82) is 5.26 Å². The lowest BCUT2D eigenvalue weighted by atomic mass is 10.0. The molecule has 0 saturated carbocycles. The van der Waals surface area contributed by atoms with E-state index >= 15 is 0 Å². The molecule has 1 aliphatic heterocycles. The Balaban J connectivity index is 2.01. The Kier molecular flexibility index (Phi) is 4.91. The van der Waals surface area contributed by atoms with E-state index in [0.717, 1.165) is 31.6 Å². The van der Waals surface area contributed by atoms with E-state index in [9.17, 15) is 10.1 Å². The third-order valence-corrected chi connectivity index (χ3v) is 4.62. The van der Waals surface area contributed by atoms with Crippen LogP contribution >= 0.6 is 11.5 Å². The van der Waals surface area contributed by atoms with Gasteiger partial charge in [0.05, 0.1) is 11.8 Å². The highest BCUT2D eigenvalue weighted by atomic mass is 32.1. The highest BCUT2D eigenvalue weighted by Gasteiger charge is 2.32. The number of rotatable bonds is 4. The summed E-state index contributed by atoms with van der Waals surface area (Å²) in [6.45, 7) is 8.63. The number of aromatic nitrogens is 2. The molecule has 1 saturated heterocycles. The van der Waals surface area contributed by atoms with Gasteiger partial charge in [0.15, 0.2) is 0 Å². The number of nitriles is 1. The number of hydrogen-bond donors (Lipinski definition) is 0. The zero-order valence-electron chi connectivity index (χ0n) is 12.8. The van der Waals surface area contributed by atoms with Crippen LogP contribution in [-0.4, -0.2) is 57.0 Å². The first-order chi connectivity index (χ1) is 9.99. The van der Waals surface area contributed by atoms with Crippen LogP contribution in [-0.2, 0) is 6.42 Å². The minimum Gasteiger partial charge on any atom is -0.335 e. The molecule has 114 valence electrons. The van der Waals surface area contributed by atoms with Crippen LogP contribution in [0.2, 0.25) is 0 Å². The lowest BCUT2D eigenvalue weighted by Crippen LogP contribution is -2.55. The standard InChI is InChI=1S/C14H21N5OS/c1-4-5-11-12(21-17-16-11)13(20)18-6-8-19(9-7-18)14(2,3)10-15/h4-9H2,1-3H3. The molecular weight excluding hydrogens is 286 g/mol. The van der Waals surface area contributed by atoms with Gasteiger partial charge in [0, 0.05) is 26.2 Å². The monoisotopic (exact) mass is 307 g/mol. The second kappa shape index (κ2) is 6.50. The largest absolute Gasteiger partial charge is 0.335 e. The third kappa shape index (κ3) is 3.39. The summed E-state index contributed by atoms with van der Waals surface area (Å²) in [5, 5.41) is 13.2. The van der Waals surface area contributed by atoms with E-state index in [-0.39, 0.29) is 5.91 Å². The minimum absolute atomic E-state index is 0.0304. The Bertz CT molecular complexity index is 540. The van der Waals surface area contributed by atoms with Crippen molar-refractivity contribution in [3.63, 3.8) is 0 Å². The predicted molar refractivity (Wildman–Crippen MR) is 81.1 cm³/mol. The molecule has 0 radical (unpaired) electrons. The molecule has 0 atom stereocenters. The van der Waals surface area contributed by atoms with Crippen LogP contribution in [0, 0.1) is 11.3 Å². The van der Waals surface area contributed by atoms with Crippen molar-refractivity contribution in [2.75, 3.05) is 26.2 Å². The predicted octanol–water partition coefficient (Wildman–Crippen LogP) is 1.55. The van der Waals surface area contributed by atoms with Gasteiger partial charge < -0.3 is 4.90 Å². The fraction of sp³-hybridized carbons (Fsp3) is 0.714. The first-order valence-electron chi connectivity index (χ1n) is 7.26. The first-order valence-corrected chi connectivity index (χ1v) is 8.03. The van der Waals surface area contributed by atoms with E-state index in [1.807, 2.05) is 18.7 Å². The smallest absolute Gasteiger partial charge is 0.267 e. The van der Waals surface area contributed by atoms with Crippen LogP contribution < -0.4 is 0 Å². The van der Waals surface area contributed by atoms with Crippen LogP contribution in [0.25, 0.3) is 0 Å². The second-order valence-electron chi connectivity index (χ2n) is 5.75. The summed E-state index contributed by atoms with van der Waals surface area (Å²) in [5.74, 6) is 0.0304. The molecule has 0 unspecified atom stereocenters. The minimum atomic E-state index is -0.478. The van der Waals surface area contributed by atoms with Crippen molar-refractivity contribution in [1.82, 2.24) is 19.4 Å². The number of nitrogens with zero attached hydrogens (tertiary/aromatic N) is 5. The number of aryl methyl sites for hydroxylation is 1. The molecule has 0 bridgehead atoms. The maximum Gasteiger partial charge on any atom is 0.267 e. The normalized spacial score (nSPS) is 16.8. The zero-order chi connectivity index (χ0) is 15.5. The molecule has 2 heterocycles. The molecule has 0 spiro atoms. The van der Waals surface area contributed by atoms with E-state index < -0.39 is 5.54 Å². The SMILES string of the molecule is CCCc1nnsc1C(=O)N1CCN(C(C)(C)C#N)CC1. The number of piperazine rings is 1. The van der Waals surface area contributed by atoms with Gasteiger partial charge in [0.2, 0.25) is 0 Å². The van der Waals surface area contributed by atoms with Gasteiger partial charge in [0.1, 0.15) is 10.4 Å². The molecule has 0 aromatic carbocycles. The number of carbonyl (C=O) groups excluding carboxylic acids is 1. The van der Waals surface area contributed by atoms with Gasteiger partial charge in [-0.25, -0.2) is 0 Å². The van der Waals surface area contributed by atoms with Crippen molar-refractivity contribution in [3.8, 4) is 6.07 Å². The third-order valence-electron chi connectivity index (χ3n) is 3.87. The Labute approximate surface area is 129 Å². The average Bonchev–Trinajstić information content (AvgIpc) is 2.95. The topological polar surface area (TPSA) is 73.1 Å². The van der Waals surface area contributed by atoms with E-state index in [1.165, 1.54) is 11.5 Å². The maximum atomic E-state index is 12.6. The summed E-state index contributed by atoms with van der Waals surface area (Å²) in [6, 6.07) is 2.31. The fourth-order valence-corrected chi connectivity index (χ4v) is 3.13. The van der Waals surface area contributed by atoms with Crippen LogP contribution in [0.15, 0.2) is 0 Å². The van der Waals surface area contributed by atoms with Gasteiger partial charge in [-0.15, -0.1) is 5.10 Å². The second-order valence-corrected chi connectivity index (χ2v) is 6.50. The van der Waals surface area contributed by atoms with Gasteiger partial charge in [-0.05, 0) is 31.8 Å². The Morgan fingerprint density at radius 3 is 2.62 bits per heavy atom. The maximum absolute atomic E-state index is 12.6. The van der Waals surface area contributed by atoms with Crippen LogP contribution in [0.4, 0.5) is 0 Å².